The van der Waals surface area contributed by atoms with Crippen LogP contribution < -0.4 is 15.4 Å². The highest BCUT2D eigenvalue weighted by molar-refractivity contribution is 5.42. The van der Waals surface area contributed by atoms with E-state index in [2.05, 4.69) is 27.2 Å². The Morgan fingerprint density at radius 2 is 1.07 bits per heavy atom. The summed E-state index contributed by atoms with van der Waals surface area (Å²) in [5, 5.41) is 25.4. The van der Waals surface area contributed by atoms with Crippen LogP contribution in [0.3, 0.4) is 0 Å². The average molecular weight is 411 g/mol. The molecule has 0 aliphatic rings. The second kappa shape index (κ2) is 16.2. The molecule has 0 saturated carbocycles. The van der Waals surface area contributed by atoms with Crippen molar-refractivity contribution < 1.29 is 10.4 Å². The zero-order valence-corrected chi connectivity index (χ0v) is 18.7. The standard InChI is InChI=1S/C21H42N6O2/c1-4-7-8-9-10-11-12-13-14-15-16-22-19-23-20(26(28)17-5-2)25-21(24-19)27(29)18-6-3/h28-29H,4-18H2,1-3H3,(H,22,23,24,25). The van der Waals surface area contributed by atoms with Gasteiger partial charge in [0.1, 0.15) is 0 Å². The fourth-order valence-electron chi connectivity index (χ4n) is 3.10. The van der Waals surface area contributed by atoms with Gasteiger partial charge in [-0.05, 0) is 19.3 Å². The van der Waals surface area contributed by atoms with Gasteiger partial charge in [-0.2, -0.15) is 15.0 Å². The lowest BCUT2D eigenvalue weighted by Crippen LogP contribution is -2.26. The minimum absolute atomic E-state index is 0.151. The Morgan fingerprint density at radius 1 is 0.621 bits per heavy atom. The van der Waals surface area contributed by atoms with Gasteiger partial charge in [0, 0.05) is 19.6 Å². The van der Waals surface area contributed by atoms with E-state index < -0.39 is 0 Å². The molecular weight excluding hydrogens is 368 g/mol. The molecule has 8 nitrogen and oxygen atoms in total. The van der Waals surface area contributed by atoms with Crippen LogP contribution in [0.1, 0.15) is 97.8 Å². The molecule has 3 N–H and O–H groups in total. The Labute approximate surface area is 176 Å². The Hall–Kier alpha value is -1.67. The van der Waals surface area contributed by atoms with Gasteiger partial charge in [-0.25, -0.2) is 10.1 Å². The Bertz CT molecular complexity index is 502. The molecule has 0 spiro atoms. The van der Waals surface area contributed by atoms with Crippen molar-refractivity contribution in [3.63, 3.8) is 0 Å². The molecule has 0 unspecified atom stereocenters. The second-order valence-electron chi connectivity index (χ2n) is 7.61. The van der Waals surface area contributed by atoms with Gasteiger partial charge in [0.2, 0.25) is 5.95 Å². The summed E-state index contributed by atoms with van der Waals surface area (Å²) in [5.74, 6) is 0.682. The van der Waals surface area contributed by atoms with Gasteiger partial charge in [-0.3, -0.25) is 10.4 Å². The van der Waals surface area contributed by atoms with Crippen LogP contribution in [0.2, 0.25) is 0 Å². The minimum Gasteiger partial charge on any atom is -0.354 e. The molecule has 0 aliphatic heterocycles. The maximum atomic E-state index is 10.1. The molecule has 168 valence electrons. The molecule has 1 rings (SSSR count). The first-order valence-corrected chi connectivity index (χ1v) is 11.5. The molecule has 1 aromatic heterocycles. The van der Waals surface area contributed by atoms with Crippen molar-refractivity contribution in [2.24, 2.45) is 0 Å². The Kier molecular flexibility index (Phi) is 14.1. The average Bonchev–Trinajstić information content (AvgIpc) is 2.72. The molecule has 0 radical (unpaired) electrons. The van der Waals surface area contributed by atoms with E-state index >= 15 is 0 Å². The number of hydrogen-bond donors (Lipinski definition) is 3. The van der Waals surface area contributed by atoms with Gasteiger partial charge >= 0.3 is 0 Å². The monoisotopic (exact) mass is 410 g/mol. The first kappa shape index (κ1) is 25.4. The summed E-state index contributed by atoms with van der Waals surface area (Å²) < 4.78 is 0. The Balaban J connectivity index is 2.39. The quantitative estimate of drug-likeness (QED) is 0.218. The van der Waals surface area contributed by atoms with Crippen LogP contribution in [-0.4, -0.2) is 45.0 Å². The third-order valence-corrected chi connectivity index (χ3v) is 4.76. The molecule has 0 aromatic carbocycles. The predicted octanol–water partition coefficient (Wildman–Crippen LogP) is 5.42. The number of aromatic nitrogens is 3. The van der Waals surface area contributed by atoms with Crippen LogP contribution in [0, 0.1) is 0 Å². The summed E-state index contributed by atoms with van der Waals surface area (Å²) in [6, 6.07) is 0. The zero-order chi connectivity index (χ0) is 21.3. The fraction of sp³-hybridized carbons (Fsp3) is 0.857. The predicted molar refractivity (Wildman–Crippen MR) is 119 cm³/mol. The third-order valence-electron chi connectivity index (χ3n) is 4.76. The van der Waals surface area contributed by atoms with Crippen LogP contribution in [-0.2, 0) is 0 Å². The zero-order valence-electron chi connectivity index (χ0n) is 18.7. The molecule has 0 fully saturated rings. The van der Waals surface area contributed by atoms with Gasteiger partial charge in [-0.15, -0.1) is 0 Å². The molecule has 0 bridgehead atoms. The summed E-state index contributed by atoms with van der Waals surface area (Å²) in [6.07, 6.45) is 14.4. The van der Waals surface area contributed by atoms with Crippen LogP contribution in [0.5, 0.6) is 0 Å². The van der Waals surface area contributed by atoms with Gasteiger partial charge < -0.3 is 5.32 Å². The molecule has 0 atom stereocenters. The molecule has 8 heteroatoms. The molecule has 0 amide bonds. The van der Waals surface area contributed by atoms with E-state index in [4.69, 9.17) is 0 Å². The number of hydrogen-bond acceptors (Lipinski definition) is 8. The van der Waals surface area contributed by atoms with E-state index in [1.165, 1.54) is 57.8 Å². The van der Waals surface area contributed by atoms with E-state index in [1.54, 1.807) is 0 Å². The lowest BCUT2D eigenvalue weighted by atomic mass is 10.1. The summed E-state index contributed by atoms with van der Waals surface area (Å²) >= 11 is 0. The number of unbranched alkanes of at least 4 members (excludes halogenated alkanes) is 9. The smallest absolute Gasteiger partial charge is 0.256 e. The number of nitrogens with zero attached hydrogens (tertiary/aromatic N) is 5. The van der Waals surface area contributed by atoms with Crippen LogP contribution in [0.15, 0.2) is 0 Å². The van der Waals surface area contributed by atoms with Gasteiger partial charge in [0.25, 0.3) is 11.9 Å². The molecule has 29 heavy (non-hydrogen) atoms. The summed E-state index contributed by atoms with van der Waals surface area (Å²) in [5.41, 5.74) is 0. The molecule has 1 aromatic rings. The first-order chi connectivity index (χ1) is 14.1. The fourth-order valence-corrected chi connectivity index (χ4v) is 3.10. The normalized spacial score (nSPS) is 10.9. The largest absolute Gasteiger partial charge is 0.354 e. The van der Waals surface area contributed by atoms with E-state index in [9.17, 15) is 10.4 Å². The second-order valence-corrected chi connectivity index (χ2v) is 7.61. The highest BCUT2D eigenvalue weighted by Gasteiger charge is 2.14. The van der Waals surface area contributed by atoms with Crippen molar-refractivity contribution in [3.05, 3.63) is 0 Å². The lowest BCUT2D eigenvalue weighted by molar-refractivity contribution is 0.239. The summed E-state index contributed by atoms with van der Waals surface area (Å²) in [6.45, 7) is 7.78. The van der Waals surface area contributed by atoms with Gasteiger partial charge in [0.05, 0.1) is 0 Å². The lowest BCUT2D eigenvalue weighted by Gasteiger charge is -2.19. The van der Waals surface area contributed by atoms with E-state index in [-0.39, 0.29) is 11.9 Å². The maximum absolute atomic E-state index is 10.1. The van der Waals surface area contributed by atoms with Crippen LogP contribution >= 0.6 is 0 Å². The molecular formula is C21H42N6O2. The third kappa shape index (κ3) is 11.2. The van der Waals surface area contributed by atoms with Crippen molar-refractivity contribution in [3.8, 4) is 0 Å². The van der Waals surface area contributed by atoms with E-state index in [0.717, 1.165) is 35.9 Å². The maximum Gasteiger partial charge on any atom is 0.256 e. The van der Waals surface area contributed by atoms with Crippen molar-refractivity contribution in [2.75, 3.05) is 35.1 Å². The van der Waals surface area contributed by atoms with Crippen molar-refractivity contribution >= 4 is 17.8 Å². The SMILES string of the molecule is CCCCCCCCCCCCNc1nc(N(O)CCC)nc(N(O)CCC)n1. The number of anilines is 3. The number of rotatable bonds is 18. The van der Waals surface area contributed by atoms with Crippen LogP contribution in [0.4, 0.5) is 17.8 Å². The summed E-state index contributed by atoms with van der Waals surface area (Å²) in [7, 11) is 0. The van der Waals surface area contributed by atoms with Crippen molar-refractivity contribution in [1.29, 1.82) is 0 Å². The van der Waals surface area contributed by atoms with E-state index in [0.29, 0.717) is 19.0 Å². The highest BCUT2D eigenvalue weighted by Crippen LogP contribution is 2.16. The molecule has 0 aliphatic carbocycles. The molecule has 1 heterocycles. The van der Waals surface area contributed by atoms with E-state index in [1.807, 2.05) is 13.8 Å². The first-order valence-electron chi connectivity index (χ1n) is 11.5. The topological polar surface area (TPSA) is 97.6 Å². The van der Waals surface area contributed by atoms with Crippen molar-refractivity contribution in [2.45, 2.75) is 97.8 Å². The number of hydroxylamine groups is 2. The summed E-state index contributed by atoms with van der Waals surface area (Å²) in [4.78, 5) is 12.7. The highest BCUT2D eigenvalue weighted by atomic mass is 16.5. The van der Waals surface area contributed by atoms with Gasteiger partial charge in [-0.1, -0.05) is 78.6 Å². The minimum atomic E-state index is 0.151. The molecule has 0 saturated heterocycles. The van der Waals surface area contributed by atoms with Crippen LogP contribution in [0.25, 0.3) is 0 Å². The van der Waals surface area contributed by atoms with Crippen molar-refractivity contribution in [1.82, 2.24) is 15.0 Å². The van der Waals surface area contributed by atoms with Gasteiger partial charge in [0.15, 0.2) is 0 Å². The number of nitrogens with one attached hydrogen (secondary N) is 1. The Morgan fingerprint density at radius 3 is 1.52 bits per heavy atom.